The zero-order valence-electron chi connectivity index (χ0n) is 17.4. The van der Waals surface area contributed by atoms with Crippen molar-refractivity contribution in [3.63, 3.8) is 0 Å². The average Bonchev–Trinajstić information content (AvgIpc) is 2.74. The molecule has 0 fully saturated rings. The lowest BCUT2D eigenvalue weighted by Crippen LogP contribution is -2.87. The van der Waals surface area contributed by atoms with Crippen LogP contribution in [0.4, 0.5) is 5.69 Å². The number of carbonyl (C=O) groups is 1. The van der Waals surface area contributed by atoms with Gasteiger partial charge in [-0.3, -0.25) is 4.79 Å². The molecule has 0 bridgehead atoms. The first-order chi connectivity index (χ1) is 14.0. The second-order valence-electron chi connectivity index (χ2n) is 7.58. The van der Waals surface area contributed by atoms with Gasteiger partial charge in [0.05, 0.1) is 0 Å². The van der Waals surface area contributed by atoms with Gasteiger partial charge in [0.2, 0.25) is 0 Å². The molecule has 150 valence electrons. The van der Waals surface area contributed by atoms with Crippen LogP contribution in [-0.4, -0.2) is 26.5 Å². The Morgan fingerprint density at radius 1 is 0.897 bits per heavy atom. The van der Waals surface area contributed by atoms with Crippen molar-refractivity contribution in [3.8, 4) is 0 Å². The number of benzene rings is 3. The van der Waals surface area contributed by atoms with Gasteiger partial charge in [-0.25, -0.2) is 0 Å². The number of rotatable bonds is 8. The fourth-order valence-electron chi connectivity index (χ4n) is 3.31. The van der Waals surface area contributed by atoms with Crippen molar-refractivity contribution < 1.29 is 10.1 Å². The molecule has 1 amide bonds. The predicted molar refractivity (Wildman–Crippen MR) is 119 cm³/mol. The summed E-state index contributed by atoms with van der Waals surface area (Å²) < 4.78 is 0. The van der Waals surface area contributed by atoms with Crippen molar-refractivity contribution >= 4 is 11.6 Å². The fraction of sp³-hybridized carbons (Fsp3) is 0.240. The molecule has 29 heavy (non-hydrogen) atoms. The predicted octanol–water partition coefficient (Wildman–Crippen LogP) is 3.03. The number of hydrogen-bond acceptors (Lipinski definition) is 2. The van der Waals surface area contributed by atoms with E-state index in [0.717, 1.165) is 11.3 Å². The van der Waals surface area contributed by atoms with Gasteiger partial charge in [0.25, 0.3) is 5.91 Å². The van der Waals surface area contributed by atoms with Gasteiger partial charge in [-0.2, -0.15) is 0 Å². The number of amides is 1. The molecule has 0 saturated carbocycles. The summed E-state index contributed by atoms with van der Waals surface area (Å²) >= 11 is 0. The van der Waals surface area contributed by atoms with Crippen LogP contribution in [0.3, 0.4) is 0 Å². The molecular formula is C25H30N3O+. The van der Waals surface area contributed by atoms with E-state index in [4.69, 9.17) is 0 Å². The number of anilines is 1. The summed E-state index contributed by atoms with van der Waals surface area (Å²) in [4.78, 5) is 14.5. The van der Waals surface area contributed by atoms with Gasteiger partial charge in [-0.15, -0.1) is 0 Å². The Morgan fingerprint density at radius 2 is 1.52 bits per heavy atom. The van der Waals surface area contributed by atoms with Crippen LogP contribution in [0.5, 0.6) is 0 Å². The maximum Gasteiger partial charge on any atom is 0.275 e. The first-order valence-electron chi connectivity index (χ1n) is 10.0. The lowest BCUT2D eigenvalue weighted by atomic mass is 9.98. The highest BCUT2D eigenvalue weighted by atomic mass is 16.1. The van der Waals surface area contributed by atoms with E-state index in [1.165, 1.54) is 16.7 Å². The zero-order chi connectivity index (χ0) is 20.6. The van der Waals surface area contributed by atoms with E-state index in [2.05, 4.69) is 83.1 Å². The molecule has 0 saturated heterocycles. The molecular weight excluding hydrogens is 358 g/mol. The molecule has 0 spiro atoms. The Bertz CT molecular complexity index is 903. The van der Waals surface area contributed by atoms with Crippen LogP contribution < -0.4 is 15.5 Å². The van der Waals surface area contributed by atoms with Crippen LogP contribution in [-0.2, 0) is 11.3 Å². The smallest absolute Gasteiger partial charge is 0.275 e. The highest BCUT2D eigenvalue weighted by Crippen LogP contribution is 2.18. The Morgan fingerprint density at radius 3 is 2.14 bits per heavy atom. The third-order valence-electron chi connectivity index (χ3n) is 5.08. The van der Waals surface area contributed by atoms with E-state index in [-0.39, 0.29) is 11.9 Å². The Labute approximate surface area is 173 Å². The summed E-state index contributed by atoms with van der Waals surface area (Å²) in [6, 6.07) is 27.2. The summed E-state index contributed by atoms with van der Waals surface area (Å²) in [5, 5.41) is 5.13. The molecule has 0 aromatic heterocycles. The van der Waals surface area contributed by atoms with E-state index in [1.807, 2.05) is 32.3 Å². The molecule has 0 unspecified atom stereocenters. The second kappa shape index (κ2) is 9.89. The third-order valence-corrected chi connectivity index (χ3v) is 5.08. The Kier molecular flexibility index (Phi) is 7.04. The number of quaternary nitrogens is 1. The van der Waals surface area contributed by atoms with Gasteiger partial charge in [0.1, 0.15) is 6.04 Å². The summed E-state index contributed by atoms with van der Waals surface area (Å²) in [5.74, 6) is 0.0368. The first-order valence-corrected chi connectivity index (χ1v) is 10.0. The molecule has 0 aliphatic heterocycles. The fourth-order valence-corrected chi connectivity index (χ4v) is 3.31. The highest BCUT2D eigenvalue weighted by molar-refractivity contribution is 5.76. The molecule has 0 radical (unpaired) electrons. The molecule has 0 heterocycles. The lowest BCUT2D eigenvalue weighted by Gasteiger charge is -2.17. The van der Waals surface area contributed by atoms with E-state index >= 15 is 0 Å². The number of nitrogens with zero attached hydrogens (tertiary/aromatic N) is 1. The monoisotopic (exact) mass is 388 g/mol. The number of nitrogens with one attached hydrogen (secondary N) is 1. The molecule has 0 aliphatic rings. The van der Waals surface area contributed by atoms with Crippen LogP contribution in [0.2, 0.25) is 0 Å². The quantitative estimate of drug-likeness (QED) is 0.623. The summed E-state index contributed by atoms with van der Waals surface area (Å²) in [6.07, 6.45) is 0. The molecule has 3 aromatic rings. The van der Waals surface area contributed by atoms with Gasteiger partial charge >= 0.3 is 0 Å². The summed E-state index contributed by atoms with van der Waals surface area (Å²) in [7, 11) is 4.04. The van der Waals surface area contributed by atoms with Gasteiger partial charge in [0, 0.05) is 37.5 Å². The van der Waals surface area contributed by atoms with Crippen LogP contribution in [0.1, 0.15) is 28.3 Å². The van der Waals surface area contributed by atoms with Gasteiger partial charge in [0.15, 0.2) is 6.54 Å². The van der Waals surface area contributed by atoms with Gasteiger partial charge in [-0.1, -0.05) is 72.3 Å². The van der Waals surface area contributed by atoms with E-state index in [9.17, 15) is 4.79 Å². The molecule has 3 N–H and O–H groups in total. The Hall–Kier alpha value is -3.11. The molecule has 3 aromatic carbocycles. The maximum absolute atomic E-state index is 12.5. The maximum atomic E-state index is 12.5. The van der Waals surface area contributed by atoms with Crippen LogP contribution in [0, 0.1) is 6.92 Å². The van der Waals surface area contributed by atoms with E-state index < -0.39 is 0 Å². The lowest BCUT2D eigenvalue weighted by molar-refractivity contribution is -0.676. The zero-order valence-corrected chi connectivity index (χ0v) is 17.4. The number of aryl methyl sites for hydroxylation is 1. The van der Waals surface area contributed by atoms with Crippen LogP contribution >= 0.6 is 0 Å². The largest absolute Gasteiger partial charge is 0.378 e. The van der Waals surface area contributed by atoms with Gasteiger partial charge < -0.3 is 15.5 Å². The number of hydrogen-bond donors (Lipinski definition) is 2. The summed E-state index contributed by atoms with van der Waals surface area (Å²) in [6.45, 7) is 3.01. The van der Waals surface area contributed by atoms with Crippen molar-refractivity contribution in [3.05, 3.63) is 101 Å². The number of carbonyl (C=O) groups excluding carboxylic acids is 1. The SMILES string of the molecule is Cc1ccc([C@H]([NH2+]CC(=O)NCc2ccc(N(C)C)cc2)c2ccccc2)cc1. The van der Waals surface area contributed by atoms with Crippen molar-refractivity contribution in [2.75, 3.05) is 25.5 Å². The van der Waals surface area contributed by atoms with Crippen molar-refractivity contribution in [1.29, 1.82) is 0 Å². The van der Waals surface area contributed by atoms with Gasteiger partial charge in [-0.05, 0) is 24.6 Å². The molecule has 4 heteroatoms. The second-order valence-corrected chi connectivity index (χ2v) is 7.58. The molecule has 3 rings (SSSR count). The summed E-state index contributed by atoms with van der Waals surface area (Å²) in [5.41, 5.74) is 5.88. The number of nitrogens with two attached hydrogens (primary N) is 1. The minimum atomic E-state index is 0.0368. The van der Waals surface area contributed by atoms with Crippen LogP contribution in [0.15, 0.2) is 78.9 Å². The van der Waals surface area contributed by atoms with E-state index in [0.29, 0.717) is 13.1 Å². The van der Waals surface area contributed by atoms with E-state index in [1.54, 1.807) is 0 Å². The topological polar surface area (TPSA) is 49.0 Å². The minimum absolute atomic E-state index is 0.0368. The van der Waals surface area contributed by atoms with Crippen LogP contribution in [0.25, 0.3) is 0 Å². The van der Waals surface area contributed by atoms with Crippen molar-refractivity contribution in [2.24, 2.45) is 0 Å². The average molecular weight is 389 g/mol. The standard InChI is InChI=1S/C25H29N3O/c1-19-9-13-22(14-10-19)25(21-7-5-4-6-8-21)27-18-24(29)26-17-20-11-15-23(16-12-20)28(2)3/h4-16,25,27H,17-18H2,1-3H3,(H,26,29)/p+1/t25-/m1/s1. The molecule has 1 atom stereocenters. The minimum Gasteiger partial charge on any atom is -0.378 e. The Balaban J connectivity index is 1.60. The van der Waals surface area contributed by atoms with Crippen molar-refractivity contribution in [2.45, 2.75) is 19.5 Å². The normalized spacial score (nSPS) is 11.7. The third kappa shape index (κ3) is 5.93. The molecule has 0 aliphatic carbocycles. The highest BCUT2D eigenvalue weighted by Gasteiger charge is 2.18. The van der Waals surface area contributed by atoms with Crippen molar-refractivity contribution in [1.82, 2.24) is 5.32 Å². The first kappa shape index (κ1) is 20.6. The molecule has 4 nitrogen and oxygen atoms in total.